The average molecular weight is 539 g/mol. The lowest BCUT2D eigenvalue weighted by Gasteiger charge is -2.32. The van der Waals surface area contributed by atoms with Crippen molar-refractivity contribution in [2.24, 2.45) is 11.8 Å². The van der Waals surface area contributed by atoms with Crippen LogP contribution in [0.2, 0.25) is 0 Å². The van der Waals surface area contributed by atoms with E-state index in [4.69, 9.17) is 9.47 Å². The number of carbonyl (C=O) groups is 4. The molecule has 2 N–H and O–H groups in total. The Kier molecular flexibility index (Phi) is 10.1. The number of ether oxygens (including phenoxy) is 2. The molecule has 0 aromatic heterocycles. The molecule has 4 aliphatic heterocycles. The van der Waals surface area contributed by atoms with Crippen LogP contribution in [0.15, 0.2) is 0 Å². The molecular weight excluding hydrogens is 496 g/mol. The zero-order valence-electron chi connectivity index (χ0n) is 22.1. The summed E-state index contributed by atoms with van der Waals surface area (Å²) in [7, 11) is 0. The minimum atomic E-state index is -0.177. The number of esters is 2. The number of piperidine rings is 2. The third-order valence-electron chi connectivity index (χ3n) is 8.02. The lowest BCUT2D eigenvalue weighted by Crippen LogP contribution is -2.47. The van der Waals surface area contributed by atoms with Gasteiger partial charge in [-0.05, 0) is 52.4 Å². The van der Waals surface area contributed by atoms with E-state index in [9.17, 15) is 19.2 Å². The van der Waals surface area contributed by atoms with E-state index in [0.717, 1.165) is 25.9 Å². The van der Waals surface area contributed by atoms with Crippen LogP contribution >= 0.6 is 11.8 Å². The smallest absolute Gasteiger partial charge is 0.309 e. The molecule has 2 amide bonds. The molecule has 4 aliphatic rings. The van der Waals surface area contributed by atoms with E-state index >= 15 is 0 Å². The summed E-state index contributed by atoms with van der Waals surface area (Å²) < 4.78 is 10.3. The molecule has 0 unspecified atom stereocenters. The minimum absolute atomic E-state index is 0.0988. The quantitative estimate of drug-likeness (QED) is 0.433. The molecule has 0 saturated carbocycles. The predicted molar refractivity (Wildman–Crippen MR) is 140 cm³/mol. The van der Waals surface area contributed by atoms with Crippen LogP contribution in [0.1, 0.15) is 52.4 Å². The van der Waals surface area contributed by atoms with Crippen molar-refractivity contribution in [1.29, 1.82) is 0 Å². The number of nitrogens with one attached hydrogen (secondary N) is 2. The normalized spacial score (nSPS) is 29.4. The number of hydrogen-bond donors (Lipinski definition) is 2. The molecule has 208 valence electrons. The van der Waals surface area contributed by atoms with Gasteiger partial charge in [0.25, 0.3) is 0 Å². The average Bonchev–Trinajstić information content (AvgIpc) is 3.58. The molecule has 0 aromatic rings. The largest absolute Gasteiger partial charge is 0.466 e. The van der Waals surface area contributed by atoms with Crippen molar-refractivity contribution < 1.29 is 28.7 Å². The SMILES string of the molecule is CCOC(=O)C1CCN(C(=O)[C@@H]2C[C@@H](S[C@H]3CN[C@H](C(=O)N4CCC(C(=O)OCC)CC4)C3)CN2)CC1. The minimum Gasteiger partial charge on any atom is -0.466 e. The first-order valence-corrected chi connectivity index (χ1v) is 14.9. The van der Waals surface area contributed by atoms with Crippen LogP contribution in [0.25, 0.3) is 0 Å². The summed E-state index contributed by atoms with van der Waals surface area (Å²) >= 11 is 1.88. The Morgan fingerprint density at radius 1 is 0.703 bits per heavy atom. The predicted octanol–water partition coefficient (Wildman–Crippen LogP) is 0.784. The van der Waals surface area contributed by atoms with E-state index in [1.807, 2.05) is 35.4 Å². The van der Waals surface area contributed by atoms with Crippen molar-refractivity contribution in [3.05, 3.63) is 0 Å². The molecular formula is C26H42N4O6S. The molecule has 0 spiro atoms. The van der Waals surface area contributed by atoms with Gasteiger partial charge >= 0.3 is 11.9 Å². The monoisotopic (exact) mass is 538 g/mol. The maximum absolute atomic E-state index is 13.0. The summed E-state index contributed by atoms with van der Waals surface area (Å²) in [5.41, 5.74) is 0. The number of nitrogens with zero attached hydrogens (tertiary/aromatic N) is 2. The van der Waals surface area contributed by atoms with Gasteiger partial charge < -0.3 is 29.9 Å². The van der Waals surface area contributed by atoms with Gasteiger partial charge in [0.2, 0.25) is 11.8 Å². The maximum Gasteiger partial charge on any atom is 0.309 e. The van der Waals surface area contributed by atoms with Gasteiger partial charge in [0.15, 0.2) is 0 Å². The zero-order chi connectivity index (χ0) is 26.4. The van der Waals surface area contributed by atoms with Gasteiger partial charge in [-0.15, -0.1) is 0 Å². The topological polar surface area (TPSA) is 117 Å². The number of amides is 2. The van der Waals surface area contributed by atoms with Crippen LogP contribution < -0.4 is 10.6 Å². The van der Waals surface area contributed by atoms with Crippen molar-refractivity contribution in [2.75, 3.05) is 52.5 Å². The summed E-state index contributed by atoms with van der Waals surface area (Å²) in [5.74, 6) is -0.221. The first-order valence-electron chi connectivity index (χ1n) is 13.9. The van der Waals surface area contributed by atoms with Gasteiger partial charge in [0.1, 0.15) is 0 Å². The van der Waals surface area contributed by atoms with Crippen molar-refractivity contribution >= 4 is 35.5 Å². The van der Waals surface area contributed by atoms with Crippen LogP contribution in [0, 0.1) is 11.8 Å². The van der Waals surface area contributed by atoms with E-state index < -0.39 is 0 Å². The Labute approximate surface area is 223 Å². The van der Waals surface area contributed by atoms with Gasteiger partial charge in [-0.25, -0.2) is 0 Å². The third kappa shape index (κ3) is 7.17. The Morgan fingerprint density at radius 3 is 1.43 bits per heavy atom. The highest BCUT2D eigenvalue weighted by Crippen LogP contribution is 2.32. The molecule has 0 radical (unpaired) electrons. The fraction of sp³-hybridized carbons (Fsp3) is 0.846. The Bertz CT molecular complexity index is 762. The van der Waals surface area contributed by atoms with Crippen LogP contribution in [0.5, 0.6) is 0 Å². The highest BCUT2D eigenvalue weighted by Gasteiger charge is 2.39. The lowest BCUT2D eigenvalue weighted by molar-refractivity contribution is -0.151. The third-order valence-corrected chi connectivity index (χ3v) is 9.50. The van der Waals surface area contributed by atoms with Crippen LogP contribution in [-0.4, -0.2) is 109 Å². The molecule has 4 fully saturated rings. The number of rotatable bonds is 8. The molecule has 4 atom stereocenters. The summed E-state index contributed by atoms with van der Waals surface area (Å²) in [6.45, 7) is 8.40. The zero-order valence-corrected chi connectivity index (χ0v) is 22.9. The fourth-order valence-corrected chi connectivity index (χ4v) is 7.43. The second-order valence-electron chi connectivity index (χ2n) is 10.5. The molecule has 10 nitrogen and oxygen atoms in total. The molecule has 4 rings (SSSR count). The van der Waals surface area contributed by atoms with Gasteiger partial charge in [0, 0.05) is 49.8 Å². The number of hydrogen-bond acceptors (Lipinski definition) is 9. The van der Waals surface area contributed by atoms with Gasteiger partial charge in [-0.2, -0.15) is 11.8 Å². The molecule has 11 heteroatoms. The van der Waals surface area contributed by atoms with Crippen LogP contribution in [-0.2, 0) is 28.7 Å². The Hall–Kier alpha value is -1.85. The Morgan fingerprint density at radius 2 is 1.08 bits per heavy atom. The lowest BCUT2D eigenvalue weighted by atomic mass is 9.96. The molecule has 37 heavy (non-hydrogen) atoms. The fourth-order valence-electron chi connectivity index (χ4n) is 5.89. The summed E-state index contributed by atoms with van der Waals surface area (Å²) in [5, 5.41) is 7.49. The number of thioether (sulfide) groups is 1. The van der Waals surface area contributed by atoms with Gasteiger partial charge in [-0.3, -0.25) is 19.2 Å². The van der Waals surface area contributed by atoms with E-state index in [-0.39, 0.29) is 47.7 Å². The van der Waals surface area contributed by atoms with Crippen molar-refractivity contribution in [2.45, 2.75) is 75.0 Å². The molecule has 0 aromatic carbocycles. The number of likely N-dealkylation sites (tertiary alicyclic amines) is 2. The Balaban J connectivity index is 1.16. The van der Waals surface area contributed by atoms with E-state index in [1.54, 1.807) is 0 Å². The standard InChI is InChI=1S/C26H42N4O6S/c1-3-35-25(33)17-5-9-29(10-6-17)23(31)21-13-19(15-27-21)37-20-14-22(28-16-20)24(32)30-11-7-18(8-12-30)26(34)36-4-2/h17-22,27-28H,3-16H2,1-2H3/t19-,20-,21+,22+/m1/s1. The molecule has 0 bridgehead atoms. The van der Waals surface area contributed by atoms with Gasteiger partial charge in [0.05, 0.1) is 37.1 Å². The summed E-state index contributed by atoms with van der Waals surface area (Å²) in [6.07, 6.45) is 4.24. The van der Waals surface area contributed by atoms with Crippen LogP contribution in [0.4, 0.5) is 0 Å². The molecule has 4 heterocycles. The van der Waals surface area contributed by atoms with E-state index in [1.165, 1.54) is 0 Å². The second kappa shape index (κ2) is 13.3. The highest BCUT2D eigenvalue weighted by atomic mass is 32.2. The van der Waals surface area contributed by atoms with Crippen molar-refractivity contribution in [3.63, 3.8) is 0 Å². The van der Waals surface area contributed by atoms with Crippen molar-refractivity contribution in [1.82, 2.24) is 20.4 Å². The number of carbonyl (C=O) groups excluding carboxylic acids is 4. The van der Waals surface area contributed by atoms with Gasteiger partial charge in [-0.1, -0.05) is 0 Å². The molecule has 4 saturated heterocycles. The summed E-state index contributed by atoms with van der Waals surface area (Å²) in [4.78, 5) is 53.8. The van der Waals surface area contributed by atoms with E-state index in [2.05, 4.69) is 10.6 Å². The van der Waals surface area contributed by atoms with Crippen LogP contribution in [0.3, 0.4) is 0 Å². The molecule has 0 aliphatic carbocycles. The van der Waals surface area contributed by atoms with E-state index in [0.29, 0.717) is 75.6 Å². The first-order chi connectivity index (χ1) is 17.9. The highest BCUT2D eigenvalue weighted by molar-refractivity contribution is 8.00. The second-order valence-corrected chi connectivity index (χ2v) is 12.1. The maximum atomic E-state index is 13.0. The summed E-state index contributed by atoms with van der Waals surface area (Å²) in [6, 6.07) is -0.353. The van der Waals surface area contributed by atoms with Crippen molar-refractivity contribution in [3.8, 4) is 0 Å². The first kappa shape index (κ1) is 28.2.